The lowest BCUT2D eigenvalue weighted by Crippen LogP contribution is -2.56. The lowest BCUT2D eigenvalue weighted by molar-refractivity contribution is -0.143. The van der Waals surface area contributed by atoms with Crippen LogP contribution in [-0.2, 0) is 14.4 Å². The van der Waals surface area contributed by atoms with Crippen molar-refractivity contribution in [1.82, 2.24) is 16.0 Å². The van der Waals surface area contributed by atoms with E-state index in [4.69, 9.17) is 16.9 Å². The van der Waals surface area contributed by atoms with Crippen LogP contribution in [0.25, 0.3) is 0 Å². The summed E-state index contributed by atoms with van der Waals surface area (Å²) in [5.74, 6) is -2.66. The smallest absolute Gasteiger partial charge is 0.326 e. The average molecular weight is 401 g/mol. The highest BCUT2D eigenvalue weighted by molar-refractivity contribution is 5.91. The van der Waals surface area contributed by atoms with Gasteiger partial charge in [0.1, 0.15) is 12.1 Å². The minimum absolute atomic E-state index is 0.0602. The Bertz CT molecular complexity index is 542. The molecule has 28 heavy (non-hydrogen) atoms. The van der Waals surface area contributed by atoms with Crippen molar-refractivity contribution in [3.63, 3.8) is 0 Å². The fourth-order valence-electron chi connectivity index (χ4n) is 2.52. The number of carbonyl (C=O) groups excluding carboxylic acids is 2. The maximum absolute atomic E-state index is 12.7. The molecule has 0 bridgehead atoms. The molecule has 0 heterocycles. The second-order valence-electron chi connectivity index (χ2n) is 7.17. The largest absolute Gasteiger partial charge is 0.480 e. The van der Waals surface area contributed by atoms with Crippen LogP contribution in [0, 0.1) is 17.2 Å². The zero-order valence-electron chi connectivity index (χ0n) is 17.2. The zero-order chi connectivity index (χ0) is 21.9. The molecule has 0 aromatic carbocycles. The third kappa shape index (κ3) is 9.03. The van der Waals surface area contributed by atoms with Crippen LogP contribution in [0.1, 0.15) is 53.4 Å². The van der Waals surface area contributed by atoms with Crippen LogP contribution in [0.4, 0.5) is 0 Å². The summed E-state index contributed by atoms with van der Waals surface area (Å²) in [5, 5.41) is 24.3. The van der Waals surface area contributed by atoms with Crippen LogP contribution in [0.2, 0.25) is 0 Å². The van der Waals surface area contributed by atoms with Crippen LogP contribution in [-0.4, -0.2) is 53.5 Å². The second kappa shape index (κ2) is 12.9. The Labute approximate surface area is 166 Å². The monoisotopic (exact) mass is 400 g/mol. The number of nitrogens with one attached hydrogen (secondary N) is 4. The Kier molecular flexibility index (Phi) is 11.8. The number of carbonyl (C=O) groups is 3. The first-order valence-electron chi connectivity index (χ1n) is 9.72. The number of rotatable bonds is 13. The molecule has 0 aromatic heterocycles. The van der Waals surface area contributed by atoms with Gasteiger partial charge in [-0.05, 0) is 24.7 Å². The highest BCUT2D eigenvalue weighted by Gasteiger charge is 2.30. The van der Waals surface area contributed by atoms with Gasteiger partial charge in [0.15, 0.2) is 5.96 Å². The van der Waals surface area contributed by atoms with Crippen LogP contribution in [0.5, 0.6) is 0 Å². The fraction of sp³-hybridized carbons (Fsp3) is 0.778. The molecule has 0 aliphatic carbocycles. The first-order chi connectivity index (χ1) is 13.0. The summed E-state index contributed by atoms with van der Waals surface area (Å²) in [7, 11) is 0. The van der Waals surface area contributed by atoms with Crippen LogP contribution < -0.4 is 27.4 Å². The maximum atomic E-state index is 12.7. The second-order valence-corrected chi connectivity index (χ2v) is 7.17. The van der Waals surface area contributed by atoms with E-state index in [-0.39, 0.29) is 24.2 Å². The van der Waals surface area contributed by atoms with Crippen molar-refractivity contribution in [3.8, 4) is 0 Å². The van der Waals surface area contributed by atoms with Crippen LogP contribution >= 0.6 is 0 Å². The number of nitrogens with two attached hydrogens (primary N) is 2. The summed E-state index contributed by atoms with van der Waals surface area (Å²) in [5.41, 5.74) is 11.2. The van der Waals surface area contributed by atoms with Crippen LogP contribution in [0.15, 0.2) is 0 Å². The molecule has 0 saturated carbocycles. The molecular formula is C18H36N6O4. The van der Waals surface area contributed by atoms with E-state index in [0.29, 0.717) is 25.8 Å². The van der Waals surface area contributed by atoms with E-state index in [0.717, 1.165) is 0 Å². The summed E-state index contributed by atoms with van der Waals surface area (Å²) in [4.78, 5) is 36.6. The number of amides is 2. The van der Waals surface area contributed by atoms with E-state index in [9.17, 15) is 19.5 Å². The Morgan fingerprint density at radius 1 is 1.04 bits per heavy atom. The quantitative estimate of drug-likeness (QED) is 0.126. The molecule has 10 nitrogen and oxygen atoms in total. The van der Waals surface area contributed by atoms with Gasteiger partial charge in [0.05, 0.1) is 6.04 Å². The molecule has 0 aliphatic rings. The summed E-state index contributed by atoms with van der Waals surface area (Å²) in [6, 6.07) is -2.74. The van der Waals surface area contributed by atoms with Gasteiger partial charge in [0.25, 0.3) is 0 Å². The Balaban J connectivity index is 5.17. The Hall–Kier alpha value is -2.36. The number of carboxylic acids is 1. The summed E-state index contributed by atoms with van der Waals surface area (Å²) >= 11 is 0. The maximum Gasteiger partial charge on any atom is 0.326 e. The minimum atomic E-state index is -1.12. The number of hydrogen-bond donors (Lipinski definition) is 7. The molecule has 9 N–H and O–H groups in total. The van der Waals surface area contributed by atoms with Gasteiger partial charge in [-0.1, -0.05) is 40.5 Å². The van der Waals surface area contributed by atoms with E-state index in [1.807, 2.05) is 20.8 Å². The van der Waals surface area contributed by atoms with Crippen molar-refractivity contribution in [1.29, 1.82) is 5.41 Å². The third-order valence-electron chi connectivity index (χ3n) is 4.95. The standard InChI is InChI=1S/C18H36N6O4/c1-5-10(3)13(19)16(26)23-12(8-7-9-22-18(20)21)15(25)24-14(17(27)28)11(4)6-2/h10-14H,5-9,19H2,1-4H3,(H,23,26)(H,24,25)(H,27,28)(H4,20,21,22)/t10-,11-,12-,13-,14-/m0/s1. The zero-order valence-corrected chi connectivity index (χ0v) is 17.2. The van der Waals surface area contributed by atoms with Gasteiger partial charge in [-0.25, -0.2) is 4.79 Å². The third-order valence-corrected chi connectivity index (χ3v) is 4.95. The number of carboxylic acid groups (broad SMARTS) is 1. The molecule has 10 heteroatoms. The molecule has 5 atom stereocenters. The van der Waals surface area contributed by atoms with E-state index >= 15 is 0 Å². The average Bonchev–Trinajstić information content (AvgIpc) is 2.65. The topological polar surface area (TPSA) is 183 Å². The normalized spacial score (nSPS) is 16.2. The lowest BCUT2D eigenvalue weighted by atomic mass is 9.97. The highest BCUT2D eigenvalue weighted by atomic mass is 16.4. The van der Waals surface area contributed by atoms with E-state index in [2.05, 4.69) is 16.0 Å². The van der Waals surface area contributed by atoms with Crippen molar-refractivity contribution >= 4 is 23.7 Å². The first-order valence-corrected chi connectivity index (χ1v) is 9.72. The number of aliphatic carboxylic acids is 1. The highest BCUT2D eigenvalue weighted by Crippen LogP contribution is 2.10. The van der Waals surface area contributed by atoms with Gasteiger partial charge in [0.2, 0.25) is 11.8 Å². The van der Waals surface area contributed by atoms with Gasteiger partial charge >= 0.3 is 5.97 Å². The number of hydrogen-bond acceptors (Lipinski definition) is 5. The molecule has 162 valence electrons. The molecule has 2 amide bonds. The van der Waals surface area contributed by atoms with Gasteiger partial charge in [-0.2, -0.15) is 0 Å². The van der Waals surface area contributed by atoms with Gasteiger partial charge in [-0.3, -0.25) is 15.0 Å². The molecule has 0 aliphatic heterocycles. The van der Waals surface area contributed by atoms with Crippen LogP contribution in [0.3, 0.4) is 0 Å². The summed E-state index contributed by atoms with van der Waals surface area (Å²) in [6.45, 7) is 7.69. The Morgan fingerprint density at radius 2 is 1.61 bits per heavy atom. The fourth-order valence-corrected chi connectivity index (χ4v) is 2.52. The molecular weight excluding hydrogens is 364 g/mol. The molecule has 0 spiro atoms. The summed E-state index contributed by atoms with van der Waals surface area (Å²) in [6.07, 6.45) is 1.98. The van der Waals surface area contributed by atoms with Crippen molar-refractivity contribution < 1.29 is 19.5 Å². The van der Waals surface area contributed by atoms with Crippen molar-refractivity contribution in [2.75, 3.05) is 6.54 Å². The molecule has 0 saturated heterocycles. The van der Waals surface area contributed by atoms with Gasteiger partial charge < -0.3 is 32.5 Å². The molecule has 0 aromatic rings. The van der Waals surface area contributed by atoms with E-state index in [1.165, 1.54) is 0 Å². The number of guanidine groups is 1. The SMILES string of the molecule is CC[C@H](C)[C@H](N)C(=O)N[C@@H](CCCNC(=N)N)C(=O)N[C@H](C(=O)O)[C@@H](C)CC. The van der Waals surface area contributed by atoms with Gasteiger partial charge in [0, 0.05) is 6.54 Å². The predicted octanol–water partition coefficient (Wildman–Crippen LogP) is -0.277. The minimum Gasteiger partial charge on any atom is -0.480 e. The summed E-state index contributed by atoms with van der Waals surface area (Å²) < 4.78 is 0. The molecule has 0 radical (unpaired) electrons. The molecule has 0 rings (SSSR count). The lowest BCUT2D eigenvalue weighted by Gasteiger charge is -2.26. The van der Waals surface area contributed by atoms with Gasteiger partial charge in [-0.15, -0.1) is 0 Å². The van der Waals surface area contributed by atoms with Crippen molar-refractivity contribution in [2.24, 2.45) is 23.3 Å². The van der Waals surface area contributed by atoms with E-state index < -0.39 is 35.9 Å². The first kappa shape index (κ1) is 25.6. The molecule has 0 unspecified atom stereocenters. The van der Waals surface area contributed by atoms with Crippen molar-refractivity contribution in [2.45, 2.75) is 71.5 Å². The van der Waals surface area contributed by atoms with Crippen molar-refractivity contribution in [3.05, 3.63) is 0 Å². The van der Waals surface area contributed by atoms with E-state index in [1.54, 1.807) is 6.92 Å². The predicted molar refractivity (Wildman–Crippen MR) is 108 cm³/mol. The Morgan fingerprint density at radius 3 is 2.07 bits per heavy atom. The molecule has 0 fully saturated rings.